The first-order valence-corrected chi connectivity index (χ1v) is 4.37. The molecule has 0 bridgehead atoms. The molecule has 0 aliphatic carbocycles. The molecule has 2 N–H and O–H groups in total. The van der Waals surface area contributed by atoms with E-state index >= 15 is 0 Å². The molecule has 1 rings (SSSR count). The van der Waals surface area contributed by atoms with Crippen molar-refractivity contribution in [1.29, 1.82) is 0 Å². The largest absolute Gasteiger partial charge is 0.505 e. The van der Waals surface area contributed by atoms with Gasteiger partial charge in [-0.1, -0.05) is 15.9 Å². The van der Waals surface area contributed by atoms with Crippen LogP contribution in [0.25, 0.3) is 0 Å². The summed E-state index contributed by atoms with van der Waals surface area (Å²) in [5, 5.41) is 9.30. The van der Waals surface area contributed by atoms with Crippen LogP contribution in [0, 0.1) is 5.82 Å². The summed E-state index contributed by atoms with van der Waals surface area (Å²) in [5.41, 5.74) is 2.95. The fourth-order valence-corrected chi connectivity index (χ4v) is 1.36. The Morgan fingerprint density at radius 3 is 2.92 bits per heavy atom. The van der Waals surface area contributed by atoms with E-state index in [1.54, 1.807) is 0 Å². The highest BCUT2D eigenvalue weighted by molar-refractivity contribution is 9.10. The number of benzene rings is 1. The van der Waals surface area contributed by atoms with Crippen molar-refractivity contribution in [3.05, 3.63) is 28.0 Å². The molecule has 1 aromatic carbocycles. The highest BCUT2D eigenvalue weighted by Gasteiger charge is 2.10. The van der Waals surface area contributed by atoms with Crippen molar-refractivity contribution >= 4 is 15.9 Å². The summed E-state index contributed by atoms with van der Waals surface area (Å²) < 4.78 is 13.5. The van der Waals surface area contributed by atoms with Crippen molar-refractivity contribution in [2.24, 2.45) is 0 Å². The number of phenolic OH excluding ortho intramolecular Hbond substituents is 1. The normalized spacial score (nSPS) is 10.4. The second-order valence-corrected chi connectivity index (χ2v) is 3.24. The lowest BCUT2D eigenvalue weighted by molar-refractivity contribution is 0.0859. The summed E-state index contributed by atoms with van der Waals surface area (Å²) in [6.45, 7) is 0.237. The monoisotopic (exact) mass is 249 g/mol. The van der Waals surface area contributed by atoms with Gasteiger partial charge in [-0.2, -0.15) is 5.48 Å². The van der Waals surface area contributed by atoms with Gasteiger partial charge in [0, 0.05) is 10.0 Å². The Morgan fingerprint density at radius 2 is 2.31 bits per heavy atom. The second kappa shape index (κ2) is 4.55. The molecular formula is C8H9BrFNO2. The van der Waals surface area contributed by atoms with Crippen molar-refractivity contribution in [2.45, 2.75) is 6.54 Å². The van der Waals surface area contributed by atoms with Crippen molar-refractivity contribution < 1.29 is 14.3 Å². The third kappa shape index (κ3) is 2.40. The molecule has 0 saturated heterocycles. The predicted molar refractivity (Wildman–Crippen MR) is 49.6 cm³/mol. The molecule has 0 amide bonds. The van der Waals surface area contributed by atoms with Crippen LogP contribution in [0.5, 0.6) is 5.75 Å². The minimum Gasteiger partial charge on any atom is -0.505 e. The summed E-state index contributed by atoms with van der Waals surface area (Å²) in [7, 11) is 1.45. The fraction of sp³-hybridized carbons (Fsp3) is 0.250. The first-order valence-electron chi connectivity index (χ1n) is 3.58. The average Bonchev–Trinajstić information content (AvgIpc) is 2.12. The van der Waals surface area contributed by atoms with E-state index in [-0.39, 0.29) is 12.3 Å². The molecule has 0 aliphatic rings. The maximum atomic E-state index is 12.8. The van der Waals surface area contributed by atoms with E-state index in [2.05, 4.69) is 26.2 Å². The van der Waals surface area contributed by atoms with Crippen molar-refractivity contribution in [1.82, 2.24) is 5.48 Å². The van der Waals surface area contributed by atoms with E-state index in [1.165, 1.54) is 19.2 Å². The average molecular weight is 250 g/mol. The standard InChI is InChI=1S/C8H9BrFNO2/c1-13-11-4-5-6(9)2-3-7(10)8(5)12/h2-3,11-12H,4H2,1H3. The van der Waals surface area contributed by atoms with Crippen LogP contribution >= 0.6 is 15.9 Å². The second-order valence-electron chi connectivity index (χ2n) is 2.38. The van der Waals surface area contributed by atoms with Gasteiger partial charge in [0.15, 0.2) is 11.6 Å². The Bertz CT molecular complexity index is 306. The van der Waals surface area contributed by atoms with Gasteiger partial charge >= 0.3 is 0 Å². The van der Waals surface area contributed by atoms with E-state index < -0.39 is 5.82 Å². The maximum absolute atomic E-state index is 12.8. The number of hydroxylamine groups is 1. The number of nitrogens with one attached hydrogen (secondary N) is 1. The lowest BCUT2D eigenvalue weighted by atomic mass is 10.2. The highest BCUT2D eigenvalue weighted by atomic mass is 79.9. The van der Waals surface area contributed by atoms with E-state index in [0.717, 1.165) is 0 Å². The number of hydrogen-bond donors (Lipinski definition) is 2. The number of halogens is 2. The van der Waals surface area contributed by atoms with Crippen LogP contribution in [-0.4, -0.2) is 12.2 Å². The topological polar surface area (TPSA) is 41.5 Å². The van der Waals surface area contributed by atoms with Gasteiger partial charge < -0.3 is 9.94 Å². The first kappa shape index (κ1) is 10.4. The van der Waals surface area contributed by atoms with Gasteiger partial charge in [-0.25, -0.2) is 4.39 Å². The van der Waals surface area contributed by atoms with Gasteiger partial charge in [0.25, 0.3) is 0 Å². The molecule has 0 saturated carbocycles. The number of hydrogen-bond acceptors (Lipinski definition) is 3. The zero-order valence-electron chi connectivity index (χ0n) is 6.97. The first-order chi connectivity index (χ1) is 6.16. The summed E-state index contributed by atoms with van der Waals surface area (Å²) in [6, 6.07) is 2.72. The summed E-state index contributed by atoms with van der Waals surface area (Å²) in [6.07, 6.45) is 0. The summed E-state index contributed by atoms with van der Waals surface area (Å²) in [5.74, 6) is -1.00. The molecule has 0 aliphatic heterocycles. The molecule has 0 radical (unpaired) electrons. The molecule has 5 heteroatoms. The molecule has 0 unspecified atom stereocenters. The smallest absolute Gasteiger partial charge is 0.165 e. The molecule has 0 fully saturated rings. The predicted octanol–water partition coefficient (Wildman–Crippen LogP) is 1.94. The Morgan fingerprint density at radius 1 is 1.62 bits per heavy atom. The third-order valence-electron chi connectivity index (χ3n) is 1.57. The lowest BCUT2D eigenvalue weighted by Crippen LogP contribution is -2.11. The lowest BCUT2D eigenvalue weighted by Gasteiger charge is -2.07. The van der Waals surface area contributed by atoms with Gasteiger partial charge in [-0.15, -0.1) is 0 Å². The molecule has 0 spiro atoms. The Balaban J connectivity index is 2.96. The van der Waals surface area contributed by atoms with Gasteiger partial charge in [-0.05, 0) is 12.1 Å². The van der Waals surface area contributed by atoms with Crippen molar-refractivity contribution in [3.8, 4) is 5.75 Å². The highest BCUT2D eigenvalue weighted by Crippen LogP contribution is 2.28. The summed E-state index contributed by atoms with van der Waals surface area (Å²) in [4.78, 5) is 4.59. The van der Waals surface area contributed by atoms with Crippen LogP contribution in [0.3, 0.4) is 0 Å². The molecule has 13 heavy (non-hydrogen) atoms. The Hall–Kier alpha value is -0.650. The van der Waals surface area contributed by atoms with Crippen LogP contribution in [0.1, 0.15) is 5.56 Å². The van der Waals surface area contributed by atoms with Crippen molar-refractivity contribution in [2.75, 3.05) is 7.11 Å². The molecular weight excluding hydrogens is 241 g/mol. The molecule has 72 valence electrons. The molecule has 0 heterocycles. The zero-order valence-corrected chi connectivity index (χ0v) is 8.56. The van der Waals surface area contributed by atoms with Crippen molar-refractivity contribution in [3.63, 3.8) is 0 Å². The maximum Gasteiger partial charge on any atom is 0.165 e. The third-order valence-corrected chi connectivity index (χ3v) is 2.31. The van der Waals surface area contributed by atoms with E-state index in [4.69, 9.17) is 0 Å². The number of aromatic hydroxyl groups is 1. The van der Waals surface area contributed by atoms with E-state index in [9.17, 15) is 9.50 Å². The fourth-order valence-electron chi connectivity index (χ4n) is 0.896. The van der Waals surface area contributed by atoms with Gasteiger partial charge in [-0.3, -0.25) is 0 Å². The van der Waals surface area contributed by atoms with Crippen LogP contribution in [0.15, 0.2) is 16.6 Å². The SMILES string of the molecule is CONCc1c(Br)ccc(F)c1O. The minimum absolute atomic E-state index is 0.237. The molecule has 1 aromatic rings. The minimum atomic E-state index is -0.642. The molecule has 3 nitrogen and oxygen atoms in total. The van der Waals surface area contributed by atoms with E-state index in [0.29, 0.717) is 10.0 Å². The van der Waals surface area contributed by atoms with Crippen LogP contribution in [0.2, 0.25) is 0 Å². The summed E-state index contributed by atoms with van der Waals surface area (Å²) >= 11 is 3.19. The van der Waals surface area contributed by atoms with Crippen LogP contribution < -0.4 is 5.48 Å². The van der Waals surface area contributed by atoms with E-state index in [1.807, 2.05) is 0 Å². The Labute approximate surface area is 83.6 Å². The quantitative estimate of drug-likeness (QED) is 0.805. The Kier molecular flexibility index (Phi) is 3.65. The van der Waals surface area contributed by atoms with Gasteiger partial charge in [0.05, 0.1) is 13.7 Å². The van der Waals surface area contributed by atoms with Crippen LogP contribution in [0.4, 0.5) is 4.39 Å². The number of rotatable bonds is 3. The van der Waals surface area contributed by atoms with Gasteiger partial charge in [0.1, 0.15) is 0 Å². The van der Waals surface area contributed by atoms with Crippen LogP contribution in [-0.2, 0) is 11.4 Å². The number of phenols is 1. The zero-order chi connectivity index (χ0) is 9.84. The van der Waals surface area contributed by atoms with Gasteiger partial charge in [0.2, 0.25) is 0 Å². The molecule has 0 atom stereocenters. The molecule has 0 aromatic heterocycles.